The summed E-state index contributed by atoms with van der Waals surface area (Å²) in [6, 6.07) is 18.4. The van der Waals surface area contributed by atoms with Gasteiger partial charge in [0.1, 0.15) is 11.5 Å². The second-order valence-corrected chi connectivity index (χ2v) is 6.21. The Morgan fingerprint density at radius 2 is 1.81 bits per heavy atom. The molecule has 0 heterocycles. The van der Waals surface area contributed by atoms with E-state index < -0.39 is 6.04 Å². The minimum atomic E-state index is -0.503. The number of phenols is 1. The van der Waals surface area contributed by atoms with Gasteiger partial charge in [0.05, 0.1) is 13.2 Å². The molecule has 0 fully saturated rings. The van der Waals surface area contributed by atoms with Crippen LogP contribution >= 0.6 is 0 Å². The highest BCUT2D eigenvalue weighted by molar-refractivity contribution is 5.89. The number of hydrogen-bond acceptors (Lipinski definition) is 3. The molecule has 0 bridgehead atoms. The molecule has 0 saturated heterocycles. The molecular weight excluding hydrogens is 326 g/mol. The normalized spacial score (nSPS) is 11.9. The minimum absolute atomic E-state index is 0.0595. The molecule has 0 aliphatic carbocycles. The number of nitrogens with one attached hydrogen (secondary N) is 1. The lowest BCUT2D eigenvalue weighted by atomic mass is 9.92. The standard InChI is InChI=1S/C22H23NO3/c1-3-8-20(25)23-22(17-11-6-7-12-19(17)26-2)21-16-10-5-4-9-15(16)13-14-18(21)24/h4-7,9-14,22,24H,3,8H2,1-2H3,(H,23,25). The average Bonchev–Trinajstić information content (AvgIpc) is 2.67. The zero-order chi connectivity index (χ0) is 18.5. The summed E-state index contributed by atoms with van der Waals surface area (Å²) in [5.74, 6) is 0.758. The Kier molecular flexibility index (Phi) is 5.42. The summed E-state index contributed by atoms with van der Waals surface area (Å²) >= 11 is 0. The highest BCUT2D eigenvalue weighted by Crippen LogP contribution is 2.38. The quantitative estimate of drug-likeness (QED) is 0.686. The largest absolute Gasteiger partial charge is 0.508 e. The Labute approximate surface area is 153 Å². The number of aromatic hydroxyl groups is 1. The Morgan fingerprint density at radius 1 is 1.08 bits per heavy atom. The summed E-state index contributed by atoms with van der Waals surface area (Å²) in [6.45, 7) is 1.97. The van der Waals surface area contributed by atoms with Crippen molar-refractivity contribution in [1.29, 1.82) is 0 Å². The SMILES string of the molecule is CCCC(=O)NC(c1ccccc1OC)c1c(O)ccc2ccccc12. The molecule has 0 saturated carbocycles. The second kappa shape index (κ2) is 7.91. The summed E-state index contributed by atoms with van der Waals surface area (Å²) in [6.07, 6.45) is 1.18. The van der Waals surface area contributed by atoms with Crippen LogP contribution in [-0.2, 0) is 4.79 Å². The van der Waals surface area contributed by atoms with Crippen LogP contribution in [0.4, 0.5) is 0 Å². The van der Waals surface area contributed by atoms with Gasteiger partial charge < -0.3 is 15.2 Å². The number of benzene rings is 3. The van der Waals surface area contributed by atoms with Crippen molar-refractivity contribution in [3.8, 4) is 11.5 Å². The van der Waals surface area contributed by atoms with Gasteiger partial charge >= 0.3 is 0 Å². The van der Waals surface area contributed by atoms with Crippen molar-refractivity contribution in [2.24, 2.45) is 0 Å². The van der Waals surface area contributed by atoms with Crippen LogP contribution in [0.5, 0.6) is 11.5 Å². The van der Waals surface area contributed by atoms with Crippen molar-refractivity contribution in [2.45, 2.75) is 25.8 Å². The monoisotopic (exact) mass is 349 g/mol. The maximum Gasteiger partial charge on any atom is 0.220 e. The minimum Gasteiger partial charge on any atom is -0.508 e. The maximum absolute atomic E-state index is 12.4. The van der Waals surface area contributed by atoms with E-state index in [-0.39, 0.29) is 11.7 Å². The van der Waals surface area contributed by atoms with Crippen LogP contribution in [0.25, 0.3) is 10.8 Å². The van der Waals surface area contributed by atoms with Crippen molar-refractivity contribution in [1.82, 2.24) is 5.32 Å². The van der Waals surface area contributed by atoms with Crippen LogP contribution in [0.2, 0.25) is 0 Å². The number of amides is 1. The molecular formula is C22H23NO3. The first-order chi connectivity index (χ1) is 12.7. The van der Waals surface area contributed by atoms with E-state index in [2.05, 4.69) is 5.32 Å². The molecule has 0 aromatic heterocycles. The first-order valence-electron chi connectivity index (χ1n) is 8.78. The number of para-hydroxylation sites is 1. The van der Waals surface area contributed by atoms with Crippen molar-refractivity contribution >= 4 is 16.7 Å². The topological polar surface area (TPSA) is 58.6 Å². The molecule has 3 aromatic carbocycles. The van der Waals surface area contributed by atoms with Crippen molar-refractivity contribution in [3.05, 3.63) is 71.8 Å². The maximum atomic E-state index is 12.4. The van der Waals surface area contributed by atoms with Gasteiger partial charge in [-0.15, -0.1) is 0 Å². The summed E-state index contributed by atoms with van der Waals surface area (Å²) < 4.78 is 5.51. The number of methoxy groups -OCH3 is 1. The van der Waals surface area contributed by atoms with Gasteiger partial charge in [-0.1, -0.05) is 55.5 Å². The molecule has 1 amide bonds. The number of ether oxygens (including phenoxy) is 1. The van der Waals surface area contributed by atoms with E-state index >= 15 is 0 Å². The molecule has 3 aromatic rings. The predicted octanol–water partition coefficient (Wildman–Crippen LogP) is 4.56. The number of fused-ring (bicyclic) bond motifs is 1. The van der Waals surface area contributed by atoms with Gasteiger partial charge in [0.15, 0.2) is 0 Å². The number of rotatable bonds is 6. The third-order valence-electron chi connectivity index (χ3n) is 4.47. The molecule has 1 unspecified atom stereocenters. The van der Waals surface area contributed by atoms with Crippen LogP contribution in [0.3, 0.4) is 0 Å². The molecule has 134 valence electrons. The zero-order valence-electron chi connectivity index (χ0n) is 15.0. The second-order valence-electron chi connectivity index (χ2n) is 6.21. The summed E-state index contributed by atoms with van der Waals surface area (Å²) in [5.41, 5.74) is 1.49. The highest BCUT2D eigenvalue weighted by atomic mass is 16.5. The molecule has 3 rings (SSSR count). The molecule has 4 nitrogen and oxygen atoms in total. The lowest BCUT2D eigenvalue weighted by Gasteiger charge is -2.24. The molecule has 1 atom stereocenters. The van der Waals surface area contributed by atoms with E-state index in [1.54, 1.807) is 13.2 Å². The van der Waals surface area contributed by atoms with Gasteiger partial charge in [0.25, 0.3) is 0 Å². The van der Waals surface area contributed by atoms with E-state index in [9.17, 15) is 9.90 Å². The van der Waals surface area contributed by atoms with Crippen LogP contribution in [-0.4, -0.2) is 18.1 Å². The van der Waals surface area contributed by atoms with Gasteiger partial charge in [-0.2, -0.15) is 0 Å². The number of phenolic OH excluding ortho intramolecular Hbond substituents is 1. The summed E-state index contributed by atoms with van der Waals surface area (Å²) in [7, 11) is 1.60. The van der Waals surface area contributed by atoms with Gasteiger partial charge in [0.2, 0.25) is 5.91 Å². The van der Waals surface area contributed by atoms with E-state index in [4.69, 9.17) is 4.74 Å². The summed E-state index contributed by atoms with van der Waals surface area (Å²) in [5, 5.41) is 15.6. The van der Waals surface area contributed by atoms with E-state index in [1.807, 2.05) is 61.5 Å². The first kappa shape index (κ1) is 17.8. The molecule has 0 radical (unpaired) electrons. The lowest BCUT2D eigenvalue weighted by molar-refractivity contribution is -0.121. The fourth-order valence-corrected chi connectivity index (χ4v) is 3.26. The van der Waals surface area contributed by atoms with Crippen LogP contribution in [0, 0.1) is 0 Å². The number of carbonyl (C=O) groups is 1. The average molecular weight is 349 g/mol. The Morgan fingerprint density at radius 3 is 2.58 bits per heavy atom. The van der Waals surface area contributed by atoms with Gasteiger partial charge in [-0.3, -0.25) is 4.79 Å². The van der Waals surface area contributed by atoms with Gasteiger partial charge in [0, 0.05) is 17.5 Å². The van der Waals surface area contributed by atoms with Crippen molar-refractivity contribution in [3.63, 3.8) is 0 Å². The van der Waals surface area contributed by atoms with Gasteiger partial charge in [-0.05, 0) is 29.3 Å². The number of carbonyl (C=O) groups excluding carboxylic acids is 1. The fraction of sp³-hybridized carbons (Fsp3) is 0.227. The smallest absolute Gasteiger partial charge is 0.220 e. The Balaban J connectivity index is 2.21. The van der Waals surface area contributed by atoms with Crippen LogP contribution < -0.4 is 10.1 Å². The van der Waals surface area contributed by atoms with Crippen LogP contribution in [0.15, 0.2) is 60.7 Å². The van der Waals surface area contributed by atoms with E-state index in [0.717, 1.165) is 22.8 Å². The Hall–Kier alpha value is -3.01. The molecule has 4 heteroatoms. The van der Waals surface area contributed by atoms with Crippen molar-refractivity contribution < 1.29 is 14.6 Å². The number of hydrogen-bond donors (Lipinski definition) is 2. The zero-order valence-corrected chi connectivity index (χ0v) is 15.0. The Bertz CT molecular complexity index is 920. The molecule has 0 spiro atoms. The van der Waals surface area contributed by atoms with E-state index in [0.29, 0.717) is 17.7 Å². The molecule has 2 N–H and O–H groups in total. The molecule has 0 aliphatic heterocycles. The van der Waals surface area contributed by atoms with Gasteiger partial charge in [-0.25, -0.2) is 0 Å². The summed E-state index contributed by atoms with van der Waals surface area (Å²) in [4.78, 5) is 12.4. The highest BCUT2D eigenvalue weighted by Gasteiger charge is 2.24. The first-order valence-corrected chi connectivity index (χ1v) is 8.78. The van der Waals surface area contributed by atoms with E-state index in [1.165, 1.54) is 0 Å². The lowest BCUT2D eigenvalue weighted by Crippen LogP contribution is -2.29. The molecule has 0 aliphatic rings. The van der Waals surface area contributed by atoms with Crippen molar-refractivity contribution in [2.75, 3.05) is 7.11 Å². The third kappa shape index (κ3) is 3.49. The predicted molar refractivity (Wildman–Crippen MR) is 104 cm³/mol. The molecule has 26 heavy (non-hydrogen) atoms. The third-order valence-corrected chi connectivity index (χ3v) is 4.47. The fourth-order valence-electron chi connectivity index (χ4n) is 3.26. The van der Waals surface area contributed by atoms with Crippen LogP contribution in [0.1, 0.15) is 36.9 Å².